The summed E-state index contributed by atoms with van der Waals surface area (Å²) in [7, 11) is 0. The monoisotopic (exact) mass is 192 g/mol. The first-order valence-corrected chi connectivity index (χ1v) is 5.26. The van der Waals surface area contributed by atoms with Gasteiger partial charge in [0, 0.05) is 11.7 Å². The fourth-order valence-corrected chi connectivity index (χ4v) is 1.43. The van der Waals surface area contributed by atoms with Crippen molar-refractivity contribution >= 4 is 5.69 Å². The van der Waals surface area contributed by atoms with Crippen LogP contribution in [0.4, 0.5) is 5.69 Å². The number of benzene rings is 1. The molecule has 0 radical (unpaired) electrons. The molecule has 0 fully saturated rings. The molecule has 2 heteroatoms. The Hall–Kier alpha value is -1.02. The molecule has 0 heterocycles. The van der Waals surface area contributed by atoms with E-state index >= 15 is 0 Å². The van der Waals surface area contributed by atoms with Crippen LogP contribution in [0.5, 0.6) is 0 Å². The van der Waals surface area contributed by atoms with Gasteiger partial charge in [0.15, 0.2) is 0 Å². The Morgan fingerprint density at radius 3 is 2.79 bits per heavy atom. The van der Waals surface area contributed by atoms with E-state index in [4.69, 9.17) is 5.73 Å². The first-order valence-electron chi connectivity index (χ1n) is 5.26. The fraction of sp³-hybridized carbons (Fsp3) is 0.500. The molecule has 0 saturated heterocycles. The first-order chi connectivity index (χ1) is 6.68. The van der Waals surface area contributed by atoms with Crippen LogP contribution in [0.3, 0.4) is 0 Å². The molecule has 1 aromatic rings. The Morgan fingerprint density at radius 1 is 1.36 bits per heavy atom. The quantitative estimate of drug-likeness (QED) is 0.554. The lowest BCUT2D eigenvalue weighted by Crippen LogP contribution is -2.23. The fourth-order valence-electron chi connectivity index (χ4n) is 1.43. The van der Waals surface area contributed by atoms with E-state index in [-0.39, 0.29) is 0 Å². The third-order valence-electron chi connectivity index (χ3n) is 2.15. The highest BCUT2D eigenvalue weighted by Gasteiger charge is 1.95. The molecule has 0 aromatic heterocycles. The Morgan fingerprint density at radius 2 is 2.14 bits per heavy atom. The van der Waals surface area contributed by atoms with Crippen molar-refractivity contribution in [3.05, 3.63) is 29.8 Å². The second kappa shape index (κ2) is 5.66. The molecule has 2 nitrogen and oxygen atoms in total. The van der Waals surface area contributed by atoms with E-state index < -0.39 is 0 Å². The van der Waals surface area contributed by atoms with Gasteiger partial charge in [-0.2, -0.15) is 0 Å². The summed E-state index contributed by atoms with van der Waals surface area (Å²) in [6.07, 6.45) is 2.27. The Kier molecular flexibility index (Phi) is 4.47. The molecule has 0 aliphatic heterocycles. The normalized spacial score (nSPS) is 10.8. The number of rotatable bonds is 5. The summed E-state index contributed by atoms with van der Waals surface area (Å²) in [4.78, 5) is 0. The molecule has 0 bridgehead atoms. The van der Waals surface area contributed by atoms with Gasteiger partial charge in [-0.3, -0.25) is 0 Å². The van der Waals surface area contributed by atoms with E-state index in [0.717, 1.165) is 18.7 Å². The summed E-state index contributed by atoms with van der Waals surface area (Å²) in [5, 5.41) is 3.40. The van der Waals surface area contributed by atoms with Gasteiger partial charge in [0.05, 0.1) is 0 Å². The van der Waals surface area contributed by atoms with Gasteiger partial charge in [0.25, 0.3) is 0 Å². The van der Waals surface area contributed by atoms with Gasteiger partial charge in [-0.1, -0.05) is 26.0 Å². The highest BCUT2D eigenvalue weighted by Crippen LogP contribution is 2.08. The Bertz CT molecular complexity index is 269. The number of anilines is 1. The second-order valence-electron chi connectivity index (χ2n) is 3.96. The maximum Gasteiger partial charge on any atom is 0.0316 e. The average Bonchev–Trinajstić information content (AvgIpc) is 2.12. The summed E-state index contributed by atoms with van der Waals surface area (Å²) < 4.78 is 0. The Labute approximate surface area is 86.5 Å². The first kappa shape index (κ1) is 11.1. The third kappa shape index (κ3) is 4.28. The number of hydrogen-bond acceptors (Lipinski definition) is 2. The van der Waals surface area contributed by atoms with E-state index in [1.54, 1.807) is 0 Å². The van der Waals surface area contributed by atoms with Gasteiger partial charge in [-0.05, 0) is 37.1 Å². The van der Waals surface area contributed by atoms with Crippen LogP contribution in [0.15, 0.2) is 24.3 Å². The van der Waals surface area contributed by atoms with Crippen LogP contribution in [0.2, 0.25) is 0 Å². The van der Waals surface area contributed by atoms with E-state index in [1.165, 1.54) is 12.0 Å². The van der Waals surface area contributed by atoms with Crippen LogP contribution in [0.25, 0.3) is 0 Å². The van der Waals surface area contributed by atoms with Crippen molar-refractivity contribution in [2.75, 3.05) is 12.3 Å². The molecule has 1 aromatic carbocycles. The lowest BCUT2D eigenvalue weighted by molar-refractivity contribution is 0.570. The minimum Gasteiger partial charge on any atom is -0.399 e. The summed E-state index contributed by atoms with van der Waals surface area (Å²) in [5.74, 6) is 0. The number of nitrogen functional groups attached to an aromatic ring is 1. The third-order valence-corrected chi connectivity index (χ3v) is 2.15. The van der Waals surface area contributed by atoms with Crippen LogP contribution >= 0.6 is 0 Å². The largest absolute Gasteiger partial charge is 0.399 e. The second-order valence-corrected chi connectivity index (χ2v) is 3.96. The van der Waals surface area contributed by atoms with Gasteiger partial charge >= 0.3 is 0 Å². The molecule has 3 N–H and O–H groups in total. The number of hydrogen-bond donors (Lipinski definition) is 2. The Balaban J connectivity index is 2.25. The zero-order valence-electron chi connectivity index (χ0n) is 9.09. The highest BCUT2D eigenvalue weighted by molar-refractivity contribution is 5.40. The average molecular weight is 192 g/mol. The van der Waals surface area contributed by atoms with Gasteiger partial charge < -0.3 is 11.1 Å². The van der Waals surface area contributed by atoms with Crippen LogP contribution in [0.1, 0.15) is 25.8 Å². The number of aryl methyl sites for hydroxylation is 1. The summed E-state index contributed by atoms with van der Waals surface area (Å²) in [6, 6.07) is 8.70. The summed E-state index contributed by atoms with van der Waals surface area (Å²) in [6.45, 7) is 5.41. The van der Waals surface area contributed by atoms with Crippen LogP contribution in [0, 0.1) is 0 Å². The smallest absolute Gasteiger partial charge is 0.0316 e. The zero-order chi connectivity index (χ0) is 10.4. The van der Waals surface area contributed by atoms with Crippen molar-refractivity contribution < 1.29 is 0 Å². The number of nitrogens with one attached hydrogen (secondary N) is 1. The van der Waals surface area contributed by atoms with Crippen molar-refractivity contribution in [3.63, 3.8) is 0 Å². The maximum absolute atomic E-state index is 5.70. The summed E-state index contributed by atoms with van der Waals surface area (Å²) >= 11 is 0. The molecule has 78 valence electrons. The van der Waals surface area contributed by atoms with Crippen LogP contribution in [-0.4, -0.2) is 12.6 Å². The van der Waals surface area contributed by atoms with E-state index in [9.17, 15) is 0 Å². The lowest BCUT2D eigenvalue weighted by atomic mass is 10.1. The molecule has 0 amide bonds. The molecular formula is C12H20N2. The molecule has 0 saturated carbocycles. The van der Waals surface area contributed by atoms with Crippen molar-refractivity contribution in [3.8, 4) is 0 Å². The molecule has 1 rings (SSSR count). The van der Waals surface area contributed by atoms with Crippen molar-refractivity contribution in [1.29, 1.82) is 0 Å². The molecule has 14 heavy (non-hydrogen) atoms. The minimum atomic E-state index is 0.579. The van der Waals surface area contributed by atoms with Crippen LogP contribution in [-0.2, 0) is 6.42 Å². The molecular weight excluding hydrogens is 172 g/mol. The maximum atomic E-state index is 5.70. The predicted octanol–water partition coefficient (Wildman–Crippen LogP) is 2.20. The molecule has 0 atom stereocenters. The van der Waals surface area contributed by atoms with E-state index in [1.807, 2.05) is 12.1 Å². The molecule has 0 unspecified atom stereocenters. The zero-order valence-corrected chi connectivity index (χ0v) is 9.09. The van der Waals surface area contributed by atoms with Crippen molar-refractivity contribution in [1.82, 2.24) is 5.32 Å². The van der Waals surface area contributed by atoms with Crippen LogP contribution < -0.4 is 11.1 Å². The van der Waals surface area contributed by atoms with E-state index in [2.05, 4.69) is 31.3 Å². The topological polar surface area (TPSA) is 38.0 Å². The van der Waals surface area contributed by atoms with Gasteiger partial charge in [0.1, 0.15) is 0 Å². The predicted molar refractivity (Wildman–Crippen MR) is 62.3 cm³/mol. The minimum absolute atomic E-state index is 0.579. The lowest BCUT2D eigenvalue weighted by Gasteiger charge is -2.07. The molecule has 0 aliphatic carbocycles. The van der Waals surface area contributed by atoms with Gasteiger partial charge in [-0.25, -0.2) is 0 Å². The van der Waals surface area contributed by atoms with E-state index in [0.29, 0.717) is 6.04 Å². The standard InChI is InChI=1S/C12H20N2/c1-10(2)14-8-4-6-11-5-3-7-12(13)9-11/h3,5,7,9-10,14H,4,6,8,13H2,1-2H3. The van der Waals surface area contributed by atoms with Crippen molar-refractivity contribution in [2.24, 2.45) is 0 Å². The van der Waals surface area contributed by atoms with Crippen molar-refractivity contribution in [2.45, 2.75) is 32.7 Å². The van der Waals surface area contributed by atoms with Gasteiger partial charge in [0.2, 0.25) is 0 Å². The number of nitrogens with two attached hydrogens (primary N) is 1. The summed E-state index contributed by atoms with van der Waals surface area (Å²) in [5.41, 5.74) is 7.89. The van der Waals surface area contributed by atoms with Gasteiger partial charge in [-0.15, -0.1) is 0 Å². The SMILES string of the molecule is CC(C)NCCCc1cccc(N)c1. The molecule has 0 aliphatic rings. The molecule has 0 spiro atoms. The highest BCUT2D eigenvalue weighted by atomic mass is 14.9.